The zero-order valence-electron chi connectivity index (χ0n) is 17.2. The molecule has 2 aromatic carbocycles. The maximum absolute atomic E-state index is 13.1. The number of carbonyl (C=O) groups excluding carboxylic acids is 2. The lowest BCUT2D eigenvalue weighted by molar-refractivity contribution is -0.384. The molecule has 9 nitrogen and oxygen atoms in total. The van der Waals surface area contributed by atoms with Gasteiger partial charge in [-0.15, -0.1) is 0 Å². The Morgan fingerprint density at radius 2 is 2.06 bits per heavy atom. The number of nitrogens with zero attached hydrogens (tertiary/aromatic N) is 3. The number of para-hydroxylation sites is 1. The highest BCUT2D eigenvalue weighted by Gasteiger charge is 2.40. The minimum absolute atomic E-state index is 0.0435. The SMILES string of the molecule is O=C(C[C@H]1SC(=Nc2ccccc2)N(C[C@@H]2CCCO2)C1=O)Nc1cccc([N+](=O)[O-])c1. The normalized spacial score (nSPS) is 21.8. The molecule has 0 unspecified atom stereocenters. The third-order valence-corrected chi connectivity index (χ3v) is 6.30. The molecular formula is C22H22N4O5S. The summed E-state index contributed by atoms with van der Waals surface area (Å²) in [7, 11) is 0. The molecule has 2 aliphatic rings. The molecule has 0 spiro atoms. The molecule has 2 fully saturated rings. The largest absolute Gasteiger partial charge is 0.376 e. The summed E-state index contributed by atoms with van der Waals surface area (Å²) in [5.41, 5.74) is 0.921. The molecule has 2 atom stereocenters. The zero-order valence-corrected chi connectivity index (χ0v) is 18.0. The van der Waals surface area contributed by atoms with Gasteiger partial charge in [0, 0.05) is 30.8 Å². The number of rotatable bonds is 7. The lowest BCUT2D eigenvalue weighted by Gasteiger charge is -2.20. The van der Waals surface area contributed by atoms with Crippen LogP contribution in [-0.4, -0.2) is 51.3 Å². The Bertz CT molecular complexity index is 1040. The van der Waals surface area contributed by atoms with Crippen LogP contribution in [0.15, 0.2) is 59.6 Å². The molecule has 1 N–H and O–H groups in total. The topological polar surface area (TPSA) is 114 Å². The fourth-order valence-electron chi connectivity index (χ4n) is 3.58. The first-order chi connectivity index (χ1) is 15.5. The summed E-state index contributed by atoms with van der Waals surface area (Å²) >= 11 is 1.25. The van der Waals surface area contributed by atoms with Crippen LogP contribution in [0.3, 0.4) is 0 Å². The number of amides is 2. The molecule has 0 aliphatic carbocycles. The number of nitro groups is 1. The van der Waals surface area contributed by atoms with Crippen LogP contribution in [-0.2, 0) is 14.3 Å². The number of hydrogen-bond acceptors (Lipinski definition) is 7. The number of anilines is 1. The van der Waals surface area contributed by atoms with Crippen LogP contribution in [0.2, 0.25) is 0 Å². The van der Waals surface area contributed by atoms with Crippen LogP contribution in [0.25, 0.3) is 0 Å². The van der Waals surface area contributed by atoms with Crippen molar-refractivity contribution in [1.82, 2.24) is 4.90 Å². The van der Waals surface area contributed by atoms with Gasteiger partial charge in [-0.05, 0) is 31.0 Å². The average molecular weight is 455 g/mol. The molecule has 32 heavy (non-hydrogen) atoms. The number of nitrogens with one attached hydrogen (secondary N) is 1. The summed E-state index contributed by atoms with van der Waals surface area (Å²) in [5.74, 6) is -0.580. The van der Waals surface area contributed by atoms with E-state index < -0.39 is 16.1 Å². The highest BCUT2D eigenvalue weighted by Crippen LogP contribution is 2.33. The van der Waals surface area contributed by atoms with Crippen LogP contribution >= 0.6 is 11.8 Å². The van der Waals surface area contributed by atoms with Crippen LogP contribution in [0.1, 0.15) is 19.3 Å². The predicted molar refractivity (Wildman–Crippen MR) is 122 cm³/mol. The van der Waals surface area contributed by atoms with Gasteiger partial charge in [-0.2, -0.15) is 0 Å². The quantitative estimate of drug-likeness (QED) is 0.504. The molecule has 4 rings (SSSR count). The first kappa shape index (κ1) is 22.0. The molecule has 2 heterocycles. The number of benzene rings is 2. The van der Waals surface area contributed by atoms with Gasteiger partial charge in [-0.25, -0.2) is 4.99 Å². The highest BCUT2D eigenvalue weighted by atomic mass is 32.2. The first-order valence-corrected chi connectivity index (χ1v) is 11.2. The van der Waals surface area contributed by atoms with Crippen molar-refractivity contribution in [2.75, 3.05) is 18.5 Å². The van der Waals surface area contributed by atoms with Crippen molar-refractivity contribution in [2.24, 2.45) is 4.99 Å². The Labute approximate surface area is 189 Å². The Morgan fingerprint density at radius 1 is 1.25 bits per heavy atom. The second kappa shape index (κ2) is 9.92. The van der Waals surface area contributed by atoms with Crippen molar-refractivity contribution < 1.29 is 19.2 Å². The monoisotopic (exact) mass is 454 g/mol. The van der Waals surface area contributed by atoms with E-state index in [0.717, 1.165) is 18.5 Å². The van der Waals surface area contributed by atoms with Crippen LogP contribution < -0.4 is 5.32 Å². The van der Waals surface area contributed by atoms with E-state index in [1.54, 1.807) is 11.0 Å². The molecule has 2 saturated heterocycles. The van der Waals surface area contributed by atoms with E-state index in [9.17, 15) is 19.7 Å². The van der Waals surface area contributed by atoms with Crippen molar-refractivity contribution in [1.29, 1.82) is 0 Å². The average Bonchev–Trinajstić information content (AvgIpc) is 3.39. The molecule has 0 saturated carbocycles. The molecule has 0 bridgehead atoms. The molecule has 166 valence electrons. The van der Waals surface area contributed by atoms with Crippen molar-refractivity contribution in [2.45, 2.75) is 30.6 Å². The van der Waals surface area contributed by atoms with E-state index in [1.165, 1.54) is 30.0 Å². The minimum atomic E-state index is -0.627. The summed E-state index contributed by atoms with van der Waals surface area (Å²) < 4.78 is 5.70. The predicted octanol–water partition coefficient (Wildman–Crippen LogP) is 3.73. The summed E-state index contributed by atoms with van der Waals surface area (Å²) in [6, 6.07) is 15.0. The van der Waals surface area contributed by atoms with Gasteiger partial charge < -0.3 is 10.1 Å². The van der Waals surface area contributed by atoms with E-state index in [-0.39, 0.29) is 24.1 Å². The molecular weight excluding hydrogens is 432 g/mol. The number of non-ortho nitro benzene ring substituents is 1. The van der Waals surface area contributed by atoms with E-state index in [2.05, 4.69) is 10.3 Å². The zero-order chi connectivity index (χ0) is 22.5. The number of carbonyl (C=O) groups is 2. The fourth-order valence-corrected chi connectivity index (χ4v) is 4.74. The summed E-state index contributed by atoms with van der Waals surface area (Å²) in [5, 5.41) is 13.5. The van der Waals surface area contributed by atoms with Gasteiger partial charge in [0.05, 0.1) is 23.3 Å². The number of aliphatic imine (C=N–C) groups is 1. The second-order valence-electron chi connectivity index (χ2n) is 7.48. The van der Waals surface area contributed by atoms with Crippen molar-refractivity contribution in [3.05, 3.63) is 64.7 Å². The van der Waals surface area contributed by atoms with Gasteiger partial charge in [0.25, 0.3) is 5.69 Å². The molecule has 10 heteroatoms. The lowest BCUT2D eigenvalue weighted by atomic mass is 10.2. The second-order valence-corrected chi connectivity index (χ2v) is 8.65. The maximum atomic E-state index is 13.1. The number of thioether (sulfide) groups is 1. The number of ether oxygens (including phenoxy) is 1. The van der Waals surface area contributed by atoms with Crippen molar-refractivity contribution >= 4 is 45.8 Å². The third-order valence-electron chi connectivity index (χ3n) is 5.12. The van der Waals surface area contributed by atoms with Gasteiger partial charge in [-0.3, -0.25) is 24.6 Å². The summed E-state index contributed by atoms with van der Waals surface area (Å²) in [4.78, 5) is 42.4. The Balaban J connectivity index is 1.47. The molecule has 2 amide bonds. The van der Waals surface area contributed by atoms with Gasteiger partial charge in [-0.1, -0.05) is 36.0 Å². The Morgan fingerprint density at radius 3 is 2.78 bits per heavy atom. The molecule has 2 aromatic rings. The van der Waals surface area contributed by atoms with Crippen molar-refractivity contribution in [3.63, 3.8) is 0 Å². The molecule has 2 aliphatic heterocycles. The van der Waals surface area contributed by atoms with Crippen LogP contribution in [0, 0.1) is 10.1 Å². The minimum Gasteiger partial charge on any atom is -0.376 e. The highest BCUT2D eigenvalue weighted by molar-refractivity contribution is 8.15. The van der Waals surface area contributed by atoms with Crippen LogP contribution in [0.5, 0.6) is 0 Å². The van der Waals surface area contributed by atoms with E-state index >= 15 is 0 Å². The maximum Gasteiger partial charge on any atom is 0.271 e. The smallest absolute Gasteiger partial charge is 0.271 e. The van der Waals surface area contributed by atoms with Crippen molar-refractivity contribution in [3.8, 4) is 0 Å². The molecule has 0 aromatic heterocycles. The van der Waals surface area contributed by atoms with E-state index in [0.29, 0.717) is 24.0 Å². The van der Waals surface area contributed by atoms with Gasteiger partial charge >= 0.3 is 0 Å². The lowest BCUT2D eigenvalue weighted by Crippen LogP contribution is -2.38. The number of amidine groups is 1. The number of hydrogen-bond donors (Lipinski definition) is 1. The van der Waals surface area contributed by atoms with E-state index in [1.807, 2.05) is 30.3 Å². The van der Waals surface area contributed by atoms with Gasteiger partial charge in [0.15, 0.2) is 5.17 Å². The molecule has 0 radical (unpaired) electrons. The summed E-state index contributed by atoms with van der Waals surface area (Å²) in [6.07, 6.45) is 1.73. The van der Waals surface area contributed by atoms with Gasteiger partial charge in [0.1, 0.15) is 5.25 Å². The Kier molecular flexibility index (Phi) is 6.81. The third kappa shape index (κ3) is 5.32. The summed E-state index contributed by atoms with van der Waals surface area (Å²) in [6.45, 7) is 1.08. The van der Waals surface area contributed by atoms with Crippen LogP contribution in [0.4, 0.5) is 17.1 Å². The fraction of sp³-hybridized carbons (Fsp3) is 0.318. The Hall–Kier alpha value is -3.24. The standard InChI is InChI=1S/C22H22N4O5S/c27-20(23-16-8-4-9-17(12-16)26(29)30)13-19-21(28)25(14-18-10-5-11-31-18)22(32-19)24-15-6-2-1-3-7-15/h1-4,6-9,12,18-19H,5,10-11,13-14H2,(H,23,27)/t18-,19+/m0/s1. The van der Waals surface area contributed by atoms with Gasteiger partial charge in [0.2, 0.25) is 11.8 Å². The van der Waals surface area contributed by atoms with E-state index in [4.69, 9.17) is 4.74 Å². The number of nitro benzene ring substituents is 1. The first-order valence-electron chi connectivity index (χ1n) is 10.3.